The lowest BCUT2D eigenvalue weighted by Crippen LogP contribution is -2.65. The number of aromatic nitrogens is 1. The van der Waals surface area contributed by atoms with Crippen LogP contribution in [0.1, 0.15) is 37.8 Å². The largest absolute Gasteiger partial charge is 0.464 e. The first-order chi connectivity index (χ1) is 15.5. The van der Waals surface area contributed by atoms with Gasteiger partial charge in [0.25, 0.3) is 0 Å². The van der Waals surface area contributed by atoms with Gasteiger partial charge >= 0.3 is 6.03 Å². The van der Waals surface area contributed by atoms with E-state index in [9.17, 15) is 14.7 Å². The number of nitrogens with zero attached hydrogens (tertiary/aromatic N) is 3. The lowest BCUT2D eigenvalue weighted by molar-refractivity contribution is -0.125. The maximum Gasteiger partial charge on any atom is 0.326 e. The second kappa shape index (κ2) is 9.99. The summed E-state index contributed by atoms with van der Waals surface area (Å²) in [6.07, 6.45) is 4.28. The van der Waals surface area contributed by atoms with Crippen LogP contribution in [0.4, 0.5) is 10.5 Å². The number of imide groups is 1. The Labute approximate surface area is 188 Å². The minimum Gasteiger partial charge on any atom is -0.464 e. The number of para-hydroxylation sites is 1. The number of rotatable bonds is 4. The smallest absolute Gasteiger partial charge is 0.326 e. The number of anilines is 1. The molecule has 8 heteroatoms. The topological polar surface area (TPSA) is 95.0 Å². The average molecular weight is 439 g/mol. The fourth-order valence-electron chi connectivity index (χ4n) is 4.40. The van der Waals surface area contributed by atoms with Crippen LogP contribution >= 0.6 is 0 Å². The summed E-state index contributed by atoms with van der Waals surface area (Å²) < 4.78 is 6.17. The van der Waals surface area contributed by atoms with Crippen LogP contribution in [0.2, 0.25) is 0 Å². The molecular weight excluding hydrogens is 408 g/mol. The number of pyridine rings is 1. The van der Waals surface area contributed by atoms with Crippen molar-refractivity contribution in [1.82, 2.24) is 15.2 Å². The molecule has 1 saturated carbocycles. The molecule has 1 aliphatic carbocycles. The van der Waals surface area contributed by atoms with Crippen LogP contribution in [0, 0.1) is 12.8 Å². The number of aryl methyl sites for hydroxylation is 1. The molecule has 1 aromatic heterocycles. The summed E-state index contributed by atoms with van der Waals surface area (Å²) in [5.74, 6) is 0.131. The van der Waals surface area contributed by atoms with Gasteiger partial charge in [-0.25, -0.2) is 4.79 Å². The zero-order valence-electron chi connectivity index (χ0n) is 18.3. The summed E-state index contributed by atoms with van der Waals surface area (Å²) >= 11 is 0. The lowest BCUT2D eigenvalue weighted by Gasteiger charge is -2.45. The summed E-state index contributed by atoms with van der Waals surface area (Å²) in [4.78, 5) is 32.9. The summed E-state index contributed by atoms with van der Waals surface area (Å²) in [6.45, 7) is 2.52. The Morgan fingerprint density at radius 1 is 1.06 bits per heavy atom. The Hall–Kier alpha value is -3.13. The standard InChI is InChI=1S/C24H30N4O4/c1-17-20(13-8-14-25-17)32-23-22(30)28(16-15-27(23)19-11-6-3-7-12-19)24(31)26-21(29)18-9-4-2-5-10-18/h3,6-8,11-14,18,22-23,30H,2,4-5,9-10,15-16H2,1H3,(H,26,29,31). The van der Waals surface area contributed by atoms with Crippen LogP contribution in [0.15, 0.2) is 48.7 Å². The Kier molecular flexibility index (Phi) is 6.90. The molecule has 2 heterocycles. The Balaban J connectivity index is 1.52. The number of piperazine rings is 1. The third-order valence-electron chi connectivity index (χ3n) is 6.22. The molecule has 0 bridgehead atoms. The Morgan fingerprint density at radius 2 is 1.81 bits per heavy atom. The molecular formula is C24H30N4O4. The molecule has 2 fully saturated rings. The van der Waals surface area contributed by atoms with Crippen LogP contribution in [0.5, 0.6) is 5.75 Å². The Morgan fingerprint density at radius 3 is 2.53 bits per heavy atom. The molecule has 1 aromatic carbocycles. The Bertz CT molecular complexity index is 933. The first-order valence-corrected chi connectivity index (χ1v) is 11.2. The van der Waals surface area contributed by atoms with E-state index in [1.165, 1.54) is 4.90 Å². The van der Waals surface area contributed by atoms with Gasteiger partial charge in [-0.3, -0.25) is 20.0 Å². The van der Waals surface area contributed by atoms with E-state index in [1.54, 1.807) is 18.3 Å². The molecule has 2 aliphatic rings. The molecule has 8 nitrogen and oxygen atoms in total. The van der Waals surface area contributed by atoms with Crippen LogP contribution in [0.25, 0.3) is 0 Å². The number of amides is 3. The van der Waals surface area contributed by atoms with E-state index in [4.69, 9.17) is 4.74 Å². The zero-order chi connectivity index (χ0) is 22.5. The maximum absolute atomic E-state index is 12.9. The van der Waals surface area contributed by atoms with Gasteiger partial charge in [0, 0.05) is 30.9 Å². The van der Waals surface area contributed by atoms with Crippen molar-refractivity contribution in [3.05, 3.63) is 54.4 Å². The van der Waals surface area contributed by atoms with Gasteiger partial charge in [0.15, 0.2) is 6.23 Å². The second-order valence-electron chi connectivity index (χ2n) is 8.36. The molecule has 2 N–H and O–H groups in total. The van der Waals surface area contributed by atoms with Gasteiger partial charge < -0.3 is 14.7 Å². The number of hydrogen-bond acceptors (Lipinski definition) is 6. The number of carbonyl (C=O) groups excluding carboxylic acids is 2. The van der Waals surface area contributed by atoms with Gasteiger partial charge in [0.1, 0.15) is 5.75 Å². The van der Waals surface area contributed by atoms with Crippen LogP contribution in [-0.4, -0.2) is 52.5 Å². The average Bonchev–Trinajstić information content (AvgIpc) is 2.82. The highest BCUT2D eigenvalue weighted by molar-refractivity contribution is 5.95. The number of hydrogen-bond donors (Lipinski definition) is 2. The zero-order valence-corrected chi connectivity index (χ0v) is 18.3. The van der Waals surface area contributed by atoms with Gasteiger partial charge in [0.05, 0.1) is 5.69 Å². The van der Waals surface area contributed by atoms with Gasteiger partial charge in [0.2, 0.25) is 12.1 Å². The first kappa shape index (κ1) is 22.1. The fourth-order valence-corrected chi connectivity index (χ4v) is 4.40. The highest BCUT2D eigenvalue weighted by Crippen LogP contribution is 2.28. The van der Waals surface area contributed by atoms with Crippen molar-refractivity contribution in [1.29, 1.82) is 0 Å². The first-order valence-electron chi connectivity index (χ1n) is 11.2. The van der Waals surface area contributed by atoms with E-state index in [0.29, 0.717) is 18.0 Å². The predicted octanol–water partition coefficient (Wildman–Crippen LogP) is 3.05. The molecule has 1 aliphatic heterocycles. The number of aliphatic hydroxyl groups excluding tert-OH is 1. The molecule has 32 heavy (non-hydrogen) atoms. The van der Waals surface area contributed by atoms with Gasteiger partial charge in [-0.1, -0.05) is 37.5 Å². The summed E-state index contributed by atoms with van der Waals surface area (Å²) in [6, 6.07) is 12.6. The fraction of sp³-hybridized carbons (Fsp3) is 0.458. The van der Waals surface area contributed by atoms with Crippen LogP contribution < -0.4 is 15.0 Å². The SMILES string of the molecule is Cc1ncccc1OC1C(O)N(C(=O)NC(=O)C2CCCCC2)CCN1c1ccccc1. The van der Waals surface area contributed by atoms with Crippen LogP contribution in [0.3, 0.4) is 0 Å². The minimum absolute atomic E-state index is 0.138. The van der Waals surface area contributed by atoms with Crippen molar-refractivity contribution in [2.24, 2.45) is 5.92 Å². The van der Waals surface area contributed by atoms with Gasteiger partial charge in [-0.05, 0) is 44.0 Å². The van der Waals surface area contributed by atoms with Crippen molar-refractivity contribution in [3.8, 4) is 5.75 Å². The lowest BCUT2D eigenvalue weighted by atomic mass is 9.89. The van der Waals surface area contributed by atoms with Crippen LogP contribution in [-0.2, 0) is 4.79 Å². The molecule has 2 unspecified atom stereocenters. The highest BCUT2D eigenvalue weighted by atomic mass is 16.5. The van der Waals surface area contributed by atoms with Gasteiger partial charge in [-0.2, -0.15) is 0 Å². The maximum atomic E-state index is 12.9. The van der Waals surface area contributed by atoms with Crippen molar-refractivity contribution in [2.75, 3.05) is 18.0 Å². The van der Waals surface area contributed by atoms with E-state index < -0.39 is 18.5 Å². The molecule has 0 spiro atoms. The van der Waals surface area contributed by atoms with E-state index in [-0.39, 0.29) is 18.4 Å². The normalized spacial score (nSPS) is 21.8. The third-order valence-corrected chi connectivity index (χ3v) is 6.22. The monoisotopic (exact) mass is 438 g/mol. The number of carbonyl (C=O) groups is 2. The summed E-state index contributed by atoms with van der Waals surface area (Å²) in [5, 5.41) is 13.7. The number of ether oxygens (including phenoxy) is 1. The molecule has 170 valence electrons. The quantitative estimate of drug-likeness (QED) is 0.762. The molecule has 1 saturated heterocycles. The number of urea groups is 1. The second-order valence-corrected chi connectivity index (χ2v) is 8.36. The third kappa shape index (κ3) is 4.85. The van der Waals surface area contributed by atoms with Crippen molar-refractivity contribution < 1.29 is 19.4 Å². The highest BCUT2D eigenvalue weighted by Gasteiger charge is 2.40. The molecule has 4 rings (SSSR count). The minimum atomic E-state index is -1.28. The van der Waals surface area contributed by atoms with E-state index >= 15 is 0 Å². The van der Waals surface area contributed by atoms with E-state index in [0.717, 1.165) is 37.8 Å². The molecule has 2 atom stereocenters. The molecule has 2 aromatic rings. The van der Waals surface area contributed by atoms with E-state index in [1.807, 2.05) is 42.2 Å². The molecule has 0 radical (unpaired) electrons. The summed E-state index contributed by atoms with van der Waals surface area (Å²) in [5.41, 5.74) is 1.55. The van der Waals surface area contributed by atoms with Gasteiger partial charge in [-0.15, -0.1) is 0 Å². The molecule has 3 amide bonds. The predicted molar refractivity (Wildman–Crippen MR) is 120 cm³/mol. The summed E-state index contributed by atoms with van der Waals surface area (Å²) in [7, 11) is 0. The number of nitrogens with one attached hydrogen (secondary N) is 1. The number of benzene rings is 1. The van der Waals surface area contributed by atoms with E-state index in [2.05, 4.69) is 10.3 Å². The number of aliphatic hydroxyl groups is 1. The van der Waals surface area contributed by atoms with Crippen molar-refractivity contribution in [3.63, 3.8) is 0 Å². The van der Waals surface area contributed by atoms with Crippen molar-refractivity contribution >= 4 is 17.6 Å². The van der Waals surface area contributed by atoms with Crippen molar-refractivity contribution in [2.45, 2.75) is 51.5 Å².